The summed E-state index contributed by atoms with van der Waals surface area (Å²) in [7, 11) is -0.381. The van der Waals surface area contributed by atoms with Crippen LogP contribution in [0.5, 0.6) is 0 Å². The Kier molecular flexibility index (Phi) is 5.71. The smallest absolute Gasteiger partial charge is 0.399 e. The van der Waals surface area contributed by atoms with E-state index in [9.17, 15) is 0 Å². The quantitative estimate of drug-likeness (QED) is 0.260. The van der Waals surface area contributed by atoms with E-state index in [1.165, 1.54) is 0 Å². The molecular formula is C32H29BN2O2. The summed E-state index contributed by atoms with van der Waals surface area (Å²) in [6, 6.07) is 35.3. The molecule has 0 aliphatic carbocycles. The van der Waals surface area contributed by atoms with Crippen molar-refractivity contribution in [2.24, 2.45) is 0 Å². The molecule has 0 atom stereocenters. The Balaban J connectivity index is 1.40. The maximum Gasteiger partial charge on any atom is 0.494 e. The Labute approximate surface area is 218 Å². The van der Waals surface area contributed by atoms with Crippen LogP contribution in [0.3, 0.4) is 0 Å². The fourth-order valence-corrected chi connectivity index (χ4v) is 4.62. The van der Waals surface area contributed by atoms with Gasteiger partial charge in [-0.3, -0.25) is 0 Å². The zero-order chi connectivity index (χ0) is 25.6. The lowest BCUT2D eigenvalue weighted by molar-refractivity contribution is 0.00578. The van der Waals surface area contributed by atoms with Gasteiger partial charge in [0.25, 0.3) is 0 Å². The van der Waals surface area contributed by atoms with Crippen molar-refractivity contribution in [2.45, 2.75) is 38.9 Å². The van der Waals surface area contributed by atoms with Crippen LogP contribution in [-0.4, -0.2) is 28.3 Å². The second kappa shape index (κ2) is 8.95. The summed E-state index contributed by atoms with van der Waals surface area (Å²) in [4.78, 5) is 9.94. The van der Waals surface area contributed by atoms with E-state index < -0.39 is 0 Å². The average Bonchev–Trinajstić information content (AvgIpc) is 3.15. The van der Waals surface area contributed by atoms with E-state index >= 15 is 0 Å². The van der Waals surface area contributed by atoms with E-state index in [0.29, 0.717) is 5.82 Å². The van der Waals surface area contributed by atoms with E-state index in [4.69, 9.17) is 19.3 Å². The van der Waals surface area contributed by atoms with Crippen molar-refractivity contribution in [3.8, 4) is 33.9 Å². The monoisotopic (exact) mass is 484 g/mol. The van der Waals surface area contributed by atoms with Crippen LogP contribution < -0.4 is 5.46 Å². The first-order chi connectivity index (χ1) is 17.8. The lowest BCUT2D eigenvalue weighted by Crippen LogP contribution is -2.41. The molecule has 1 saturated heterocycles. The van der Waals surface area contributed by atoms with Gasteiger partial charge in [0.2, 0.25) is 0 Å². The molecule has 37 heavy (non-hydrogen) atoms. The first kappa shape index (κ1) is 23.6. The second-order valence-electron chi connectivity index (χ2n) is 10.6. The molecule has 5 aromatic rings. The summed E-state index contributed by atoms with van der Waals surface area (Å²) in [5.74, 6) is 0.706. The minimum absolute atomic E-state index is 0.367. The van der Waals surface area contributed by atoms with Gasteiger partial charge in [0.15, 0.2) is 5.82 Å². The van der Waals surface area contributed by atoms with Gasteiger partial charge >= 0.3 is 7.12 Å². The van der Waals surface area contributed by atoms with Crippen molar-refractivity contribution in [1.82, 2.24) is 9.97 Å². The van der Waals surface area contributed by atoms with Crippen LogP contribution in [0.2, 0.25) is 0 Å². The normalized spacial score (nSPS) is 16.3. The van der Waals surface area contributed by atoms with Crippen LogP contribution >= 0.6 is 0 Å². The van der Waals surface area contributed by atoms with Gasteiger partial charge in [-0.05, 0) is 56.1 Å². The molecule has 182 valence electrons. The highest BCUT2D eigenvalue weighted by molar-refractivity contribution is 6.62. The van der Waals surface area contributed by atoms with Gasteiger partial charge in [0.1, 0.15) is 0 Å². The van der Waals surface area contributed by atoms with Crippen molar-refractivity contribution in [3.63, 3.8) is 0 Å². The van der Waals surface area contributed by atoms with Gasteiger partial charge in [-0.25, -0.2) is 9.97 Å². The molecule has 0 saturated carbocycles. The third-order valence-electron chi connectivity index (χ3n) is 7.51. The highest BCUT2D eigenvalue weighted by atomic mass is 16.7. The van der Waals surface area contributed by atoms with Gasteiger partial charge in [-0.1, -0.05) is 91.0 Å². The van der Waals surface area contributed by atoms with E-state index in [0.717, 1.165) is 44.3 Å². The second-order valence-corrected chi connectivity index (χ2v) is 10.6. The lowest BCUT2D eigenvalue weighted by Gasteiger charge is -2.32. The van der Waals surface area contributed by atoms with Gasteiger partial charge < -0.3 is 9.31 Å². The van der Waals surface area contributed by atoms with E-state index in [1.807, 2.05) is 36.4 Å². The summed E-state index contributed by atoms with van der Waals surface area (Å²) in [6.45, 7) is 8.31. The Morgan fingerprint density at radius 3 is 1.62 bits per heavy atom. The van der Waals surface area contributed by atoms with Crippen molar-refractivity contribution >= 4 is 23.4 Å². The van der Waals surface area contributed by atoms with Crippen LogP contribution in [-0.2, 0) is 9.31 Å². The van der Waals surface area contributed by atoms with Crippen LogP contribution in [0.4, 0.5) is 0 Å². The molecule has 0 amide bonds. The van der Waals surface area contributed by atoms with Crippen LogP contribution in [0, 0.1) is 0 Å². The highest BCUT2D eigenvalue weighted by Crippen LogP contribution is 2.37. The number of hydrogen-bond acceptors (Lipinski definition) is 4. The number of nitrogens with zero attached hydrogens (tertiary/aromatic N) is 2. The van der Waals surface area contributed by atoms with E-state index in [1.54, 1.807) is 0 Å². The third-order valence-corrected chi connectivity index (χ3v) is 7.51. The molecule has 2 heterocycles. The SMILES string of the molecule is CC1(C)OB(c2ccc3cc(-c4nc(-c5ccccc5)cc(-c5ccccc5)n4)ccc3c2)OC1(C)C. The number of benzene rings is 4. The Hall–Kier alpha value is -3.80. The summed E-state index contributed by atoms with van der Waals surface area (Å²) in [6.07, 6.45) is 0. The van der Waals surface area contributed by atoms with Crippen molar-refractivity contribution in [2.75, 3.05) is 0 Å². The topological polar surface area (TPSA) is 44.2 Å². The molecule has 5 heteroatoms. The lowest BCUT2D eigenvalue weighted by atomic mass is 9.78. The summed E-state index contributed by atoms with van der Waals surface area (Å²) in [5.41, 5.74) is 5.20. The molecule has 4 aromatic carbocycles. The first-order valence-corrected chi connectivity index (χ1v) is 12.7. The summed E-state index contributed by atoms with van der Waals surface area (Å²) in [5, 5.41) is 2.24. The number of hydrogen-bond donors (Lipinski definition) is 0. The third kappa shape index (κ3) is 4.46. The highest BCUT2D eigenvalue weighted by Gasteiger charge is 2.51. The average molecular weight is 484 g/mol. The number of rotatable bonds is 4. The molecule has 0 bridgehead atoms. The molecule has 0 spiro atoms. The molecule has 0 radical (unpaired) electrons. The minimum Gasteiger partial charge on any atom is -0.399 e. The molecule has 0 unspecified atom stereocenters. The largest absolute Gasteiger partial charge is 0.494 e. The zero-order valence-corrected chi connectivity index (χ0v) is 21.6. The predicted molar refractivity (Wildman–Crippen MR) is 152 cm³/mol. The maximum atomic E-state index is 6.26. The van der Waals surface area contributed by atoms with Crippen LogP contribution in [0.15, 0.2) is 103 Å². The zero-order valence-electron chi connectivity index (χ0n) is 21.6. The van der Waals surface area contributed by atoms with Crippen LogP contribution in [0.1, 0.15) is 27.7 Å². The molecule has 1 aromatic heterocycles. The summed E-state index contributed by atoms with van der Waals surface area (Å²) >= 11 is 0. The molecule has 1 aliphatic rings. The number of fused-ring (bicyclic) bond motifs is 1. The van der Waals surface area contributed by atoms with Crippen molar-refractivity contribution in [1.29, 1.82) is 0 Å². The Bertz CT molecular complexity index is 1510. The number of aromatic nitrogens is 2. The van der Waals surface area contributed by atoms with Crippen molar-refractivity contribution in [3.05, 3.63) is 103 Å². The van der Waals surface area contributed by atoms with Gasteiger partial charge in [0, 0.05) is 16.7 Å². The van der Waals surface area contributed by atoms with E-state index in [-0.39, 0.29) is 18.3 Å². The summed E-state index contributed by atoms with van der Waals surface area (Å²) < 4.78 is 12.5. The molecule has 6 rings (SSSR count). The fourth-order valence-electron chi connectivity index (χ4n) is 4.62. The Morgan fingerprint density at radius 2 is 1.05 bits per heavy atom. The standard InChI is InChI=1S/C32H29BN2O2/c1-31(2)32(3,4)37-33(36-31)27-18-17-24-19-26(16-15-25(24)20-27)30-34-28(22-11-7-5-8-12-22)21-29(35-30)23-13-9-6-10-14-23/h5-21H,1-4H3. The predicted octanol–water partition coefficient (Wildman–Crippen LogP) is 6.93. The molecule has 4 nitrogen and oxygen atoms in total. The van der Waals surface area contributed by atoms with Crippen LogP contribution in [0.25, 0.3) is 44.7 Å². The van der Waals surface area contributed by atoms with E-state index in [2.05, 4.69) is 94.4 Å². The minimum atomic E-state index is -0.381. The molecule has 0 N–H and O–H groups in total. The van der Waals surface area contributed by atoms with Gasteiger partial charge in [-0.2, -0.15) is 0 Å². The first-order valence-electron chi connectivity index (χ1n) is 12.7. The fraction of sp³-hybridized carbons (Fsp3) is 0.188. The molecular weight excluding hydrogens is 455 g/mol. The maximum absolute atomic E-state index is 6.26. The molecule has 1 aliphatic heterocycles. The Morgan fingerprint density at radius 1 is 0.541 bits per heavy atom. The van der Waals surface area contributed by atoms with Gasteiger partial charge in [-0.15, -0.1) is 0 Å². The van der Waals surface area contributed by atoms with Gasteiger partial charge in [0.05, 0.1) is 22.6 Å². The molecule has 1 fully saturated rings. The van der Waals surface area contributed by atoms with Crippen molar-refractivity contribution < 1.29 is 9.31 Å².